The fourth-order valence-corrected chi connectivity index (χ4v) is 3.46. The van der Waals surface area contributed by atoms with Gasteiger partial charge in [0.15, 0.2) is 5.16 Å². The third-order valence-corrected chi connectivity index (χ3v) is 5.27. The number of nitrogens with one attached hydrogen (secondary N) is 2. The number of benzene rings is 1. The van der Waals surface area contributed by atoms with Crippen LogP contribution < -0.4 is 11.0 Å². The maximum absolute atomic E-state index is 12.3. The lowest BCUT2D eigenvalue weighted by Gasteiger charge is -2.12. The number of thioether (sulfide) groups is 2. The van der Waals surface area contributed by atoms with Gasteiger partial charge in [0.05, 0.1) is 5.25 Å². The van der Waals surface area contributed by atoms with Gasteiger partial charge in [-0.2, -0.15) is 8.78 Å². The average Bonchev–Trinajstić information content (AvgIpc) is 2.94. The van der Waals surface area contributed by atoms with Gasteiger partial charge < -0.3 is 5.32 Å². The van der Waals surface area contributed by atoms with E-state index in [9.17, 15) is 18.4 Å². The normalized spacial score (nSPS) is 12.3. The second kappa shape index (κ2) is 9.77. The van der Waals surface area contributed by atoms with Crippen molar-refractivity contribution >= 4 is 35.1 Å². The Bertz CT molecular complexity index is 777. The number of alkyl halides is 2. The van der Waals surface area contributed by atoms with E-state index in [2.05, 4.69) is 15.5 Å². The van der Waals surface area contributed by atoms with Crippen molar-refractivity contribution in [2.45, 2.75) is 54.3 Å². The van der Waals surface area contributed by atoms with Gasteiger partial charge >= 0.3 is 5.69 Å². The maximum Gasteiger partial charge on any atom is 0.343 e. The Morgan fingerprint density at radius 3 is 2.62 bits per heavy atom. The van der Waals surface area contributed by atoms with Crippen LogP contribution in [-0.4, -0.2) is 31.7 Å². The van der Waals surface area contributed by atoms with Crippen LogP contribution in [0.2, 0.25) is 0 Å². The van der Waals surface area contributed by atoms with Gasteiger partial charge in [0.2, 0.25) is 5.91 Å². The number of rotatable bonds is 9. The van der Waals surface area contributed by atoms with E-state index in [-0.39, 0.29) is 11.6 Å². The van der Waals surface area contributed by atoms with Crippen LogP contribution in [0.4, 0.5) is 14.5 Å². The zero-order chi connectivity index (χ0) is 19.1. The van der Waals surface area contributed by atoms with E-state index >= 15 is 0 Å². The molecule has 2 aromatic rings. The number of aromatic amines is 1. The standard InChI is InChI=1S/C16H20F2N4O2S2/c1-3-4-9-22-15(24)20-21-16(22)25-10(2)13(23)19-11-5-7-12(8-6-11)26-14(17)18/h5-8,10,14H,3-4,9H2,1-2H3,(H,19,23)(H,20,24)/t10-/m1/s1. The summed E-state index contributed by atoms with van der Waals surface area (Å²) in [6.45, 7) is 4.29. The first kappa shape index (κ1) is 20.5. The van der Waals surface area contributed by atoms with Crippen LogP contribution in [0.3, 0.4) is 0 Å². The molecule has 0 aliphatic carbocycles. The van der Waals surface area contributed by atoms with Gasteiger partial charge in [0, 0.05) is 17.1 Å². The SMILES string of the molecule is CCCCn1c(S[C@H](C)C(=O)Nc2ccc(SC(F)F)cc2)n[nH]c1=O. The number of carbonyl (C=O) groups is 1. The van der Waals surface area contributed by atoms with Gasteiger partial charge in [-0.3, -0.25) is 9.36 Å². The zero-order valence-corrected chi connectivity index (χ0v) is 16.0. The topological polar surface area (TPSA) is 79.8 Å². The molecule has 0 radical (unpaired) electrons. The Labute approximate surface area is 158 Å². The first-order valence-electron chi connectivity index (χ1n) is 8.08. The molecular weight excluding hydrogens is 382 g/mol. The van der Waals surface area contributed by atoms with E-state index in [4.69, 9.17) is 0 Å². The van der Waals surface area contributed by atoms with Crippen LogP contribution in [0.1, 0.15) is 26.7 Å². The highest BCUT2D eigenvalue weighted by Gasteiger charge is 2.19. The smallest absolute Gasteiger partial charge is 0.325 e. The van der Waals surface area contributed by atoms with Gasteiger partial charge in [-0.1, -0.05) is 36.9 Å². The van der Waals surface area contributed by atoms with Crippen molar-refractivity contribution in [3.05, 3.63) is 34.7 Å². The van der Waals surface area contributed by atoms with E-state index in [1.54, 1.807) is 19.1 Å². The van der Waals surface area contributed by atoms with Gasteiger partial charge in [-0.25, -0.2) is 9.89 Å². The number of aromatic nitrogens is 3. The summed E-state index contributed by atoms with van der Waals surface area (Å²) < 4.78 is 26.1. The van der Waals surface area contributed by atoms with Crippen LogP contribution in [0.15, 0.2) is 39.1 Å². The molecule has 1 amide bonds. The highest BCUT2D eigenvalue weighted by Crippen LogP contribution is 2.27. The summed E-state index contributed by atoms with van der Waals surface area (Å²) in [7, 11) is 0. The number of halogens is 2. The third kappa shape index (κ3) is 5.87. The monoisotopic (exact) mass is 402 g/mol. The lowest BCUT2D eigenvalue weighted by molar-refractivity contribution is -0.115. The molecule has 0 aliphatic rings. The minimum absolute atomic E-state index is 0.262. The fourth-order valence-electron chi connectivity index (χ4n) is 2.08. The molecule has 0 fully saturated rings. The average molecular weight is 402 g/mol. The summed E-state index contributed by atoms with van der Waals surface area (Å²) in [6.07, 6.45) is 1.79. The van der Waals surface area contributed by atoms with Crippen LogP contribution in [0, 0.1) is 0 Å². The van der Waals surface area contributed by atoms with Gasteiger partial charge in [-0.15, -0.1) is 5.10 Å². The Hall–Kier alpha value is -1.81. The van der Waals surface area contributed by atoms with Gasteiger partial charge in [0.25, 0.3) is 5.76 Å². The van der Waals surface area contributed by atoms with E-state index in [0.717, 1.165) is 12.8 Å². The first-order chi connectivity index (χ1) is 12.4. The van der Waals surface area contributed by atoms with Crippen molar-refractivity contribution in [3.63, 3.8) is 0 Å². The van der Waals surface area contributed by atoms with Crippen molar-refractivity contribution < 1.29 is 13.6 Å². The van der Waals surface area contributed by atoms with E-state index < -0.39 is 11.0 Å². The molecule has 0 bridgehead atoms. The number of anilines is 1. The van der Waals surface area contributed by atoms with E-state index in [1.165, 1.54) is 28.5 Å². The minimum atomic E-state index is -2.48. The minimum Gasteiger partial charge on any atom is -0.325 e. The predicted octanol–water partition coefficient (Wildman–Crippen LogP) is 3.81. The van der Waals surface area contributed by atoms with E-state index in [1.807, 2.05) is 6.92 Å². The summed E-state index contributed by atoms with van der Waals surface area (Å²) in [5.74, 6) is -2.74. The quantitative estimate of drug-likeness (QED) is 0.624. The second-order valence-electron chi connectivity index (χ2n) is 5.47. The summed E-state index contributed by atoms with van der Waals surface area (Å²) >= 11 is 1.64. The number of unbranched alkanes of at least 4 members (excludes halogenated alkanes) is 1. The number of carbonyl (C=O) groups excluding carboxylic acids is 1. The number of H-pyrrole nitrogens is 1. The molecule has 1 atom stereocenters. The van der Waals surface area contributed by atoms with Crippen LogP contribution in [-0.2, 0) is 11.3 Å². The molecule has 1 aromatic heterocycles. The molecule has 1 aromatic carbocycles. The van der Waals surface area contributed by atoms with Crippen molar-refractivity contribution in [2.75, 3.05) is 5.32 Å². The molecule has 0 spiro atoms. The molecular formula is C16H20F2N4O2S2. The molecule has 0 aliphatic heterocycles. The van der Waals surface area contributed by atoms with Gasteiger partial charge in [-0.05, 0) is 37.6 Å². The van der Waals surface area contributed by atoms with Crippen molar-refractivity contribution in [3.8, 4) is 0 Å². The maximum atomic E-state index is 12.3. The zero-order valence-electron chi connectivity index (χ0n) is 14.4. The molecule has 0 saturated carbocycles. The molecule has 0 unspecified atom stereocenters. The molecule has 6 nitrogen and oxygen atoms in total. The molecule has 26 heavy (non-hydrogen) atoms. The van der Waals surface area contributed by atoms with Gasteiger partial charge in [0.1, 0.15) is 0 Å². The Kier molecular flexibility index (Phi) is 7.70. The van der Waals surface area contributed by atoms with Crippen LogP contribution in [0.25, 0.3) is 0 Å². The van der Waals surface area contributed by atoms with Crippen molar-refractivity contribution in [2.24, 2.45) is 0 Å². The second-order valence-corrected chi connectivity index (χ2v) is 7.84. The molecule has 142 valence electrons. The number of hydrogen-bond donors (Lipinski definition) is 2. The Morgan fingerprint density at radius 2 is 2.00 bits per heavy atom. The van der Waals surface area contributed by atoms with Crippen LogP contribution >= 0.6 is 23.5 Å². The molecule has 0 saturated heterocycles. The van der Waals surface area contributed by atoms with E-state index in [0.29, 0.717) is 34.0 Å². The fraction of sp³-hybridized carbons (Fsp3) is 0.438. The number of hydrogen-bond acceptors (Lipinski definition) is 5. The molecule has 2 N–H and O–H groups in total. The highest BCUT2D eigenvalue weighted by atomic mass is 32.2. The molecule has 1 heterocycles. The third-order valence-electron chi connectivity index (χ3n) is 3.46. The van der Waals surface area contributed by atoms with Crippen LogP contribution in [0.5, 0.6) is 0 Å². The highest BCUT2D eigenvalue weighted by molar-refractivity contribution is 8.00. The lowest BCUT2D eigenvalue weighted by Crippen LogP contribution is -2.24. The number of nitrogens with zero attached hydrogens (tertiary/aromatic N) is 2. The van der Waals surface area contributed by atoms with Crippen molar-refractivity contribution in [1.82, 2.24) is 14.8 Å². The predicted molar refractivity (Wildman–Crippen MR) is 100 cm³/mol. The first-order valence-corrected chi connectivity index (χ1v) is 9.84. The number of amides is 1. The largest absolute Gasteiger partial charge is 0.343 e. The Morgan fingerprint density at radius 1 is 1.31 bits per heavy atom. The van der Waals surface area contributed by atoms with Crippen molar-refractivity contribution in [1.29, 1.82) is 0 Å². The Balaban J connectivity index is 1.96. The molecule has 10 heteroatoms. The molecule has 2 rings (SSSR count). The summed E-state index contributed by atoms with van der Waals surface area (Å²) in [5, 5.41) is 9.09. The summed E-state index contributed by atoms with van der Waals surface area (Å²) in [4.78, 5) is 24.5. The summed E-state index contributed by atoms with van der Waals surface area (Å²) in [6, 6.07) is 6.21. The summed E-state index contributed by atoms with van der Waals surface area (Å²) in [5.41, 5.74) is 0.229. The lowest BCUT2D eigenvalue weighted by atomic mass is 10.3.